The number of aromatic nitrogens is 2. The molecule has 1 amide bonds. The van der Waals surface area contributed by atoms with Crippen molar-refractivity contribution in [3.63, 3.8) is 0 Å². The van der Waals surface area contributed by atoms with Crippen LogP contribution >= 0.6 is 0 Å². The molecule has 150 valence electrons. The van der Waals surface area contributed by atoms with Gasteiger partial charge in [-0.3, -0.25) is 14.4 Å². The van der Waals surface area contributed by atoms with Gasteiger partial charge in [0.05, 0.1) is 37.2 Å². The van der Waals surface area contributed by atoms with Crippen LogP contribution in [-0.2, 0) is 16.6 Å². The normalized spacial score (nSPS) is 27.9. The van der Waals surface area contributed by atoms with Crippen LogP contribution in [0.2, 0.25) is 0 Å². The number of aliphatic hydroxyl groups excluding tert-OH is 2. The summed E-state index contributed by atoms with van der Waals surface area (Å²) in [6, 6.07) is -0.286. The van der Waals surface area contributed by atoms with Crippen molar-refractivity contribution < 1.29 is 19.7 Å². The van der Waals surface area contributed by atoms with Gasteiger partial charge in [0.15, 0.2) is 0 Å². The van der Waals surface area contributed by atoms with Crippen LogP contribution in [0.3, 0.4) is 0 Å². The fourth-order valence-corrected chi connectivity index (χ4v) is 3.87. The Kier molecular flexibility index (Phi) is 6.31. The summed E-state index contributed by atoms with van der Waals surface area (Å²) in [6.07, 6.45) is 2.04. The molecule has 1 aromatic rings. The van der Waals surface area contributed by atoms with E-state index in [1.54, 1.807) is 15.7 Å². The molecule has 0 saturated carbocycles. The molecular formula is C19H30N4O4. The van der Waals surface area contributed by atoms with E-state index in [0.29, 0.717) is 45.8 Å². The summed E-state index contributed by atoms with van der Waals surface area (Å²) in [4.78, 5) is 16.6. The van der Waals surface area contributed by atoms with Gasteiger partial charge in [-0.15, -0.1) is 0 Å². The second kappa shape index (κ2) is 8.52. The van der Waals surface area contributed by atoms with Crippen molar-refractivity contribution in [3.05, 3.63) is 23.0 Å². The number of likely N-dealkylation sites (tertiary alicyclic amines) is 1. The molecular weight excluding hydrogens is 348 g/mol. The monoisotopic (exact) mass is 378 g/mol. The van der Waals surface area contributed by atoms with Gasteiger partial charge >= 0.3 is 0 Å². The maximum atomic E-state index is 12.8. The minimum atomic E-state index is -0.868. The van der Waals surface area contributed by atoms with Crippen molar-refractivity contribution in [1.29, 1.82) is 0 Å². The molecule has 8 heteroatoms. The first kappa shape index (κ1) is 20.0. The molecule has 27 heavy (non-hydrogen) atoms. The third-order valence-corrected chi connectivity index (χ3v) is 5.67. The molecule has 0 bridgehead atoms. The van der Waals surface area contributed by atoms with Crippen LogP contribution in [0, 0.1) is 13.8 Å². The molecule has 3 rings (SSSR count). The van der Waals surface area contributed by atoms with Crippen molar-refractivity contribution in [1.82, 2.24) is 19.6 Å². The Morgan fingerprint density at radius 1 is 1.22 bits per heavy atom. The lowest BCUT2D eigenvalue weighted by atomic mass is 10.0. The topological polar surface area (TPSA) is 91.1 Å². The van der Waals surface area contributed by atoms with Gasteiger partial charge in [-0.1, -0.05) is 0 Å². The summed E-state index contributed by atoms with van der Waals surface area (Å²) >= 11 is 0. The van der Waals surface area contributed by atoms with E-state index in [2.05, 4.69) is 10.00 Å². The molecule has 2 aliphatic rings. The van der Waals surface area contributed by atoms with E-state index in [1.165, 1.54) is 0 Å². The van der Waals surface area contributed by atoms with Gasteiger partial charge in [-0.25, -0.2) is 0 Å². The van der Waals surface area contributed by atoms with E-state index in [9.17, 15) is 15.0 Å². The zero-order valence-corrected chi connectivity index (χ0v) is 16.3. The lowest BCUT2D eigenvalue weighted by molar-refractivity contribution is -0.127. The number of morpholine rings is 1. The molecule has 8 nitrogen and oxygen atoms in total. The number of hydrogen-bond donors (Lipinski definition) is 2. The smallest absolute Gasteiger partial charge is 0.246 e. The minimum absolute atomic E-state index is 0.114. The molecule has 2 N–H and O–H groups in total. The summed E-state index contributed by atoms with van der Waals surface area (Å²) in [5, 5.41) is 25.2. The molecule has 1 aromatic heterocycles. The third-order valence-electron chi connectivity index (χ3n) is 5.67. The Hall–Kier alpha value is -1.74. The van der Waals surface area contributed by atoms with Crippen LogP contribution in [0.4, 0.5) is 0 Å². The van der Waals surface area contributed by atoms with Gasteiger partial charge in [-0.2, -0.15) is 5.10 Å². The van der Waals surface area contributed by atoms with Gasteiger partial charge in [0.1, 0.15) is 0 Å². The molecule has 3 atom stereocenters. The van der Waals surface area contributed by atoms with Crippen LogP contribution in [0.15, 0.2) is 6.08 Å². The largest absolute Gasteiger partial charge is 0.390 e. The van der Waals surface area contributed by atoms with E-state index < -0.39 is 12.2 Å². The van der Waals surface area contributed by atoms with Gasteiger partial charge in [0, 0.05) is 50.6 Å². The second-order valence-corrected chi connectivity index (χ2v) is 7.39. The predicted molar refractivity (Wildman–Crippen MR) is 101 cm³/mol. The first-order valence-corrected chi connectivity index (χ1v) is 9.53. The molecule has 0 unspecified atom stereocenters. The van der Waals surface area contributed by atoms with E-state index in [-0.39, 0.29) is 11.9 Å². The van der Waals surface area contributed by atoms with E-state index in [0.717, 1.165) is 17.0 Å². The van der Waals surface area contributed by atoms with Crippen LogP contribution in [0.25, 0.3) is 6.08 Å². The zero-order valence-electron chi connectivity index (χ0n) is 16.3. The highest BCUT2D eigenvalue weighted by molar-refractivity contribution is 5.92. The van der Waals surface area contributed by atoms with Crippen LogP contribution in [-0.4, -0.2) is 93.3 Å². The maximum absolute atomic E-state index is 12.8. The molecule has 0 spiro atoms. The number of amides is 1. The Morgan fingerprint density at radius 3 is 2.56 bits per heavy atom. The first-order chi connectivity index (χ1) is 12.9. The highest BCUT2D eigenvalue weighted by atomic mass is 16.5. The predicted octanol–water partition coefficient (Wildman–Crippen LogP) is -0.295. The summed E-state index contributed by atoms with van der Waals surface area (Å²) in [5.41, 5.74) is 2.84. The summed E-state index contributed by atoms with van der Waals surface area (Å²) in [7, 11) is 1.88. The highest BCUT2D eigenvalue weighted by Crippen LogP contribution is 2.20. The van der Waals surface area contributed by atoms with Gasteiger partial charge in [0.25, 0.3) is 0 Å². The number of carbonyl (C=O) groups is 1. The van der Waals surface area contributed by atoms with Gasteiger partial charge < -0.3 is 19.8 Å². The SMILES string of the molecule is Cc1nn(C)c(C)c1C=CC(=O)N1CC[C@@H](O)[C@@H](O)[C@H](N2CCOCC2)C1. The Balaban J connectivity index is 1.74. The average molecular weight is 378 g/mol. The first-order valence-electron chi connectivity index (χ1n) is 9.53. The fourth-order valence-electron chi connectivity index (χ4n) is 3.87. The van der Waals surface area contributed by atoms with Gasteiger partial charge in [-0.05, 0) is 26.3 Å². The Morgan fingerprint density at radius 2 is 1.93 bits per heavy atom. The Labute approximate surface area is 160 Å². The summed E-state index contributed by atoms with van der Waals surface area (Å²) in [6.45, 7) is 7.31. The number of ether oxygens (including phenoxy) is 1. The quantitative estimate of drug-likeness (QED) is 0.702. The van der Waals surface area contributed by atoms with Crippen molar-refractivity contribution >= 4 is 12.0 Å². The summed E-state index contributed by atoms with van der Waals surface area (Å²) in [5.74, 6) is -0.114. The molecule has 0 radical (unpaired) electrons. The fraction of sp³-hybridized carbons (Fsp3) is 0.684. The third kappa shape index (κ3) is 4.40. The summed E-state index contributed by atoms with van der Waals surface area (Å²) < 4.78 is 7.18. The lowest BCUT2D eigenvalue weighted by Gasteiger charge is -2.38. The molecule has 3 heterocycles. The molecule has 0 aliphatic carbocycles. The number of rotatable bonds is 3. The van der Waals surface area contributed by atoms with Crippen molar-refractivity contribution in [2.24, 2.45) is 7.05 Å². The number of nitrogens with zero attached hydrogens (tertiary/aromatic N) is 4. The highest BCUT2D eigenvalue weighted by Gasteiger charge is 2.37. The zero-order chi connectivity index (χ0) is 19.6. The van der Waals surface area contributed by atoms with E-state index in [4.69, 9.17) is 4.74 Å². The minimum Gasteiger partial charge on any atom is -0.390 e. The van der Waals surface area contributed by atoms with Gasteiger partial charge in [0.2, 0.25) is 5.91 Å². The van der Waals surface area contributed by atoms with E-state index in [1.807, 2.05) is 27.0 Å². The Bertz CT molecular complexity index is 696. The molecule has 2 aliphatic heterocycles. The maximum Gasteiger partial charge on any atom is 0.246 e. The standard InChI is InChI=1S/C19H30N4O4/c1-13-15(14(2)21(3)20-13)4-5-18(25)23-7-6-17(24)19(26)16(12-23)22-8-10-27-11-9-22/h4-5,16-17,19,24,26H,6-12H2,1-3H3/t16-,17-,19+/m1/s1. The van der Waals surface area contributed by atoms with Crippen molar-refractivity contribution in [2.75, 3.05) is 39.4 Å². The molecule has 2 saturated heterocycles. The average Bonchev–Trinajstić information content (AvgIpc) is 2.81. The van der Waals surface area contributed by atoms with E-state index >= 15 is 0 Å². The van der Waals surface area contributed by atoms with Crippen LogP contribution < -0.4 is 0 Å². The number of aliphatic hydroxyl groups is 2. The second-order valence-electron chi connectivity index (χ2n) is 7.39. The number of aryl methyl sites for hydroxylation is 2. The van der Waals surface area contributed by atoms with Crippen molar-refractivity contribution in [3.8, 4) is 0 Å². The molecule has 0 aromatic carbocycles. The molecule has 2 fully saturated rings. The number of carbonyl (C=O) groups excluding carboxylic acids is 1. The van der Waals surface area contributed by atoms with Crippen LogP contribution in [0.5, 0.6) is 0 Å². The van der Waals surface area contributed by atoms with Crippen molar-refractivity contribution in [2.45, 2.75) is 38.5 Å². The van der Waals surface area contributed by atoms with Crippen LogP contribution in [0.1, 0.15) is 23.4 Å². The number of hydrogen-bond acceptors (Lipinski definition) is 6. The lowest BCUT2D eigenvalue weighted by Crippen LogP contribution is -2.55.